The number of imidazole rings is 1. The number of carboxylic acids is 1. The van der Waals surface area contributed by atoms with E-state index < -0.39 is 53.8 Å². The Bertz CT molecular complexity index is 865. The number of nitrogens with zero attached hydrogens (tertiary/aromatic N) is 2. The highest BCUT2D eigenvalue weighted by Crippen LogP contribution is 2.19. The molecule has 8 N–H and O–H groups in total. The molecule has 1 aromatic heterocycles. The number of H-pyrrole nitrogens is 1. The predicted octanol–water partition coefficient (Wildman–Crippen LogP) is -2.48. The van der Waals surface area contributed by atoms with Crippen LogP contribution in [0.1, 0.15) is 31.4 Å². The second-order valence-electron chi connectivity index (χ2n) is 7.73. The predicted molar refractivity (Wildman–Crippen MR) is 119 cm³/mol. The van der Waals surface area contributed by atoms with E-state index in [4.69, 9.17) is 11.5 Å². The first-order valence-corrected chi connectivity index (χ1v) is 11.0. The highest BCUT2D eigenvalue weighted by atomic mass is 32.1. The van der Waals surface area contributed by atoms with Gasteiger partial charge in [0.15, 0.2) is 0 Å². The number of thiol groups is 1. The molecule has 0 aromatic carbocycles. The number of amides is 4. The van der Waals surface area contributed by atoms with Gasteiger partial charge in [-0.3, -0.25) is 19.2 Å². The molecule has 13 nitrogen and oxygen atoms in total. The van der Waals surface area contributed by atoms with Crippen LogP contribution >= 0.6 is 12.6 Å². The highest BCUT2D eigenvalue weighted by molar-refractivity contribution is 7.80. The average Bonchev–Trinajstić information content (AvgIpc) is 3.46. The number of nitrogens with two attached hydrogens (primary N) is 2. The van der Waals surface area contributed by atoms with Crippen LogP contribution in [0.25, 0.3) is 0 Å². The van der Waals surface area contributed by atoms with Crippen LogP contribution < -0.4 is 22.1 Å². The molecule has 0 saturated carbocycles. The molecule has 0 bridgehead atoms. The van der Waals surface area contributed by atoms with Crippen molar-refractivity contribution in [3.05, 3.63) is 18.2 Å². The Morgan fingerprint density at radius 1 is 1.27 bits per heavy atom. The molecule has 1 saturated heterocycles. The summed E-state index contributed by atoms with van der Waals surface area (Å²) in [5.41, 5.74) is 11.4. The van der Waals surface area contributed by atoms with Gasteiger partial charge in [0.1, 0.15) is 18.1 Å². The maximum absolute atomic E-state index is 12.9. The van der Waals surface area contributed by atoms with E-state index in [-0.39, 0.29) is 25.0 Å². The molecule has 1 fully saturated rings. The Morgan fingerprint density at radius 2 is 2.00 bits per heavy atom. The summed E-state index contributed by atoms with van der Waals surface area (Å²) in [7, 11) is 0. The third-order valence-electron chi connectivity index (χ3n) is 5.26. The number of rotatable bonds is 12. The van der Waals surface area contributed by atoms with E-state index in [0.29, 0.717) is 25.1 Å². The number of nitrogens with one attached hydrogen (secondary N) is 3. The fraction of sp³-hybridized carbons (Fsp3) is 0.579. The second kappa shape index (κ2) is 12.2. The Hall–Kier alpha value is -3.13. The van der Waals surface area contributed by atoms with Gasteiger partial charge in [-0.25, -0.2) is 9.78 Å². The number of aromatic nitrogens is 2. The third-order valence-corrected chi connectivity index (χ3v) is 5.65. The monoisotopic (exact) mass is 483 g/mol. The van der Waals surface area contributed by atoms with E-state index in [1.807, 2.05) is 0 Å². The Labute approximate surface area is 195 Å². The van der Waals surface area contributed by atoms with Gasteiger partial charge >= 0.3 is 5.97 Å². The van der Waals surface area contributed by atoms with Crippen molar-refractivity contribution in [2.24, 2.45) is 11.5 Å². The van der Waals surface area contributed by atoms with E-state index in [0.717, 1.165) is 0 Å². The zero-order valence-electron chi connectivity index (χ0n) is 17.9. The molecule has 33 heavy (non-hydrogen) atoms. The summed E-state index contributed by atoms with van der Waals surface area (Å²) in [6.45, 7) is 0.335. The summed E-state index contributed by atoms with van der Waals surface area (Å²) in [6, 6.07) is -4.24. The number of likely N-dealkylation sites (tertiary alicyclic amines) is 1. The van der Waals surface area contributed by atoms with Crippen molar-refractivity contribution in [1.82, 2.24) is 25.5 Å². The lowest BCUT2D eigenvalue weighted by molar-refractivity contribution is -0.143. The molecular weight excluding hydrogens is 454 g/mol. The van der Waals surface area contributed by atoms with Crippen LogP contribution in [0.2, 0.25) is 0 Å². The molecule has 2 rings (SSSR count). The lowest BCUT2D eigenvalue weighted by Crippen LogP contribution is -2.57. The number of carbonyl (C=O) groups is 5. The van der Waals surface area contributed by atoms with E-state index in [1.54, 1.807) is 0 Å². The van der Waals surface area contributed by atoms with Crippen LogP contribution in [-0.2, 0) is 30.4 Å². The van der Waals surface area contributed by atoms with Crippen molar-refractivity contribution >= 4 is 42.2 Å². The Kier molecular flexibility index (Phi) is 9.66. The summed E-state index contributed by atoms with van der Waals surface area (Å²) in [6.07, 6.45) is 3.33. The first-order valence-electron chi connectivity index (χ1n) is 10.4. The van der Waals surface area contributed by atoms with Gasteiger partial charge < -0.3 is 37.1 Å². The number of aliphatic carboxylic acids is 1. The summed E-state index contributed by atoms with van der Waals surface area (Å²) >= 11 is 4.01. The molecule has 4 atom stereocenters. The maximum atomic E-state index is 12.9. The van der Waals surface area contributed by atoms with Crippen molar-refractivity contribution in [2.75, 3.05) is 12.3 Å². The summed E-state index contributed by atoms with van der Waals surface area (Å²) in [5, 5.41) is 14.4. The Balaban J connectivity index is 2.11. The van der Waals surface area contributed by atoms with Gasteiger partial charge in [0, 0.05) is 37.0 Å². The van der Waals surface area contributed by atoms with E-state index in [2.05, 4.69) is 33.2 Å². The molecule has 1 aliphatic rings. The van der Waals surface area contributed by atoms with Gasteiger partial charge in [0.05, 0.1) is 12.4 Å². The topological polar surface area (TPSA) is 214 Å². The number of primary amides is 1. The SMILES string of the molecule is NC(=O)CCC(NC(=O)C1CCCN1C(=O)C(N)CS)C(=O)NC(Cc1cnc[nH]1)C(=O)O. The molecule has 1 aromatic rings. The number of carbonyl (C=O) groups excluding carboxylic acids is 4. The molecule has 14 heteroatoms. The van der Waals surface area contributed by atoms with Gasteiger partial charge in [-0.1, -0.05) is 0 Å². The van der Waals surface area contributed by atoms with Crippen LogP contribution in [0, 0.1) is 0 Å². The maximum Gasteiger partial charge on any atom is 0.326 e. The number of hydrogen-bond acceptors (Lipinski definition) is 8. The molecule has 4 amide bonds. The van der Waals surface area contributed by atoms with Crippen LogP contribution in [0.5, 0.6) is 0 Å². The number of hydrogen-bond donors (Lipinski definition) is 7. The minimum Gasteiger partial charge on any atom is -0.480 e. The molecule has 0 spiro atoms. The molecular formula is C19H29N7O6S. The van der Waals surface area contributed by atoms with E-state index in [9.17, 15) is 29.1 Å². The van der Waals surface area contributed by atoms with Crippen molar-refractivity contribution in [1.29, 1.82) is 0 Å². The van der Waals surface area contributed by atoms with Crippen molar-refractivity contribution in [2.45, 2.75) is 56.3 Å². The summed E-state index contributed by atoms with van der Waals surface area (Å²) in [5.74, 6) is -3.68. The lowest BCUT2D eigenvalue weighted by Gasteiger charge is -2.28. The van der Waals surface area contributed by atoms with Gasteiger partial charge in [0.2, 0.25) is 23.6 Å². The zero-order valence-corrected chi connectivity index (χ0v) is 18.8. The normalized spacial score (nSPS) is 18.2. The molecule has 0 aliphatic carbocycles. The van der Waals surface area contributed by atoms with E-state index >= 15 is 0 Å². The molecule has 2 heterocycles. The average molecular weight is 484 g/mol. The van der Waals surface area contributed by atoms with Crippen molar-refractivity contribution in [3.8, 4) is 0 Å². The molecule has 182 valence electrons. The first-order chi connectivity index (χ1) is 15.6. The number of carboxylic acid groups (broad SMARTS) is 1. The summed E-state index contributed by atoms with van der Waals surface area (Å²) in [4.78, 5) is 69.0. The summed E-state index contributed by atoms with van der Waals surface area (Å²) < 4.78 is 0. The second-order valence-corrected chi connectivity index (χ2v) is 8.09. The minimum absolute atomic E-state index is 0.0654. The van der Waals surface area contributed by atoms with Gasteiger partial charge in [0.25, 0.3) is 0 Å². The molecule has 1 aliphatic heterocycles. The Morgan fingerprint density at radius 3 is 2.58 bits per heavy atom. The zero-order chi connectivity index (χ0) is 24.5. The van der Waals surface area contributed by atoms with Crippen LogP contribution in [0.3, 0.4) is 0 Å². The van der Waals surface area contributed by atoms with Gasteiger partial charge in [-0.2, -0.15) is 12.6 Å². The quantitative estimate of drug-likeness (QED) is 0.158. The smallest absolute Gasteiger partial charge is 0.326 e. The third kappa shape index (κ3) is 7.46. The standard InChI is InChI=1S/C19H29N7O6S/c20-11(8-33)18(30)26-5-1-2-14(26)17(29)24-12(3-4-15(21)27)16(28)25-13(19(31)32)6-10-7-22-9-23-10/h7,9,11-14,33H,1-6,8,20H2,(H2,21,27)(H,22,23)(H,24,29)(H,25,28)(H,31,32). The van der Waals surface area contributed by atoms with E-state index in [1.165, 1.54) is 17.4 Å². The molecule has 4 unspecified atom stereocenters. The van der Waals surface area contributed by atoms with Crippen molar-refractivity contribution < 1.29 is 29.1 Å². The molecule has 0 radical (unpaired) electrons. The van der Waals surface area contributed by atoms with Crippen LogP contribution in [-0.4, -0.2) is 86.0 Å². The largest absolute Gasteiger partial charge is 0.480 e. The highest BCUT2D eigenvalue weighted by Gasteiger charge is 2.37. The lowest BCUT2D eigenvalue weighted by atomic mass is 10.1. The number of aromatic amines is 1. The van der Waals surface area contributed by atoms with Crippen LogP contribution in [0.4, 0.5) is 0 Å². The fourth-order valence-corrected chi connectivity index (χ4v) is 3.66. The fourth-order valence-electron chi connectivity index (χ4n) is 3.51. The van der Waals surface area contributed by atoms with Crippen molar-refractivity contribution in [3.63, 3.8) is 0 Å². The minimum atomic E-state index is -1.30. The van der Waals surface area contributed by atoms with Gasteiger partial charge in [-0.15, -0.1) is 0 Å². The first kappa shape index (κ1) is 26.1. The van der Waals surface area contributed by atoms with Gasteiger partial charge in [-0.05, 0) is 19.3 Å². The van der Waals surface area contributed by atoms with Crippen LogP contribution in [0.15, 0.2) is 12.5 Å².